The van der Waals surface area contributed by atoms with Gasteiger partial charge in [0.15, 0.2) is 0 Å². The van der Waals surface area contributed by atoms with Crippen molar-refractivity contribution in [1.82, 2.24) is 5.32 Å². The van der Waals surface area contributed by atoms with Crippen LogP contribution in [0.3, 0.4) is 0 Å². The van der Waals surface area contributed by atoms with Gasteiger partial charge >= 0.3 is 5.97 Å². The first-order valence-corrected chi connectivity index (χ1v) is 11.7. The van der Waals surface area contributed by atoms with E-state index in [4.69, 9.17) is 5.11 Å². The fourth-order valence-electron chi connectivity index (χ4n) is 4.48. The third kappa shape index (κ3) is 4.98. The Balaban J connectivity index is 1.52. The second-order valence-corrected chi connectivity index (χ2v) is 10.1. The lowest BCUT2D eigenvalue weighted by Crippen LogP contribution is -2.29. The van der Waals surface area contributed by atoms with Crippen LogP contribution in [-0.2, 0) is 18.4 Å². The first kappa shape index (κ1) is 23.6. The summed E-state index contributed by atoms with van der Waals surface area (Å²) in [5, 5.41) is 12.2. The normalized spacial score (nSPS) is 13.9. The van der Waals surface area contributed by atoms with Gasteiger partial charge in [-0.2, -0.15) is 0 Å². The second-order valence-electron chi connectivity index (χ2n) is 10.1. The van der Waals surface area contributed by atoms with Crippen molar-refractivity contribution in [2.75, 3.05) is 11.4 Å². The number of anilines is 1. The Morgan fingerprint density at radius 2 is 1.68 bits per heavy atom. The Morgan fingerprint density at radius 3 is 2.29 bits per heavy atom. The van der Waals surface area contributed by atoms with Crippen molar-refractivity contribution in [3.8, 4) is 0 Å². The largest absolute Gasteiger partial charge is 0.478 e. The number of amides is 1. The average Bonchev–Trinajstić information content (AvgIpc) is 3.21. The molecule has 0 aliphatic carbocycles. The van der Waals surface area contributed by atoms with Gasteiger partial charge in [0.25, 0.3) is 5.91 Å². The Labute approximate surface area is 201 Å². The van der Waals surface area contributed by atoms with Crippen LogP contribution in [-0.4, -0.2) is 23.5 Å². The number of rotatable bonds is 6. The molecule has 1 heterocycles. The van der Waals surface area contributed by atoms with Gasteiger partial charge in [-0.25, -0.2) is 4.79 Å². The Hall–Kier alpha value is -3.60. The van der Waals surface area contributed by atoms with Crippen LogP contribution in [0.15, 0.2) is 66.7 Å². The average molecular weight is 457 g/mol. The van der Waals surface area contributed by atoms with Crippen molar-refractivity contribution in [3.63, 3.8) is 0 Å². The number of hydrogen-bond acceptors (Lipinski definition) is 3. The van der Waals surface area contributed by atoms with Crippen LogP contribution in [0.5, 0.6) is 0 Å². The predicted octanol–water partition coefficient (Wildman–Crippen LogP) is 5.74. The lowest BCUT2D eigenvalue weighted by Gasteiger charge is -2.24. The molecule has 3 aromatic carbocycles. The van der Waals surface area contributed by atoms with Gasteiger partial charge in [0.1, 0.15) is 0 Å². The van der Waals surface area contributed by atoms with E-state index in [0.29, 0.717) is 5.56 Å². The number of aromatic carboxylic acids is 1. The highest BCUT2D eigenvalue weighted by Gasteiger charge is 2.26. The van der Waals surface area contributed by atoms with E-state index in [1.807, 2.05) is 19.1 Å². The first-order valence-electron chi connectivity index (χ1n) is 11.7. The Morgan fingerprint density at radius 1 is 1.00 bits per heavy atom. The van der Waals surface area contributed by atoms with Crippen molar-refractivity contribution in [2.45, 2.75) is 52.1 Å². The summed E-state index contributed by atoms with van der Waals surface area (Å²) in [5.74, 6) is -1.09. The van der Waals surface area contributed by atoms with Gasteiger partial charge in [0.2, 0.25) is 0 Å². The number of nitrogens with one attached hydrogen (secondary N) is 1. The standard InChI is InChI=1S/C29H32N2O3/c1-19(21-10-12-23(13-11-21)28(33)34)30-27(32)25-7-5-6-22-16-17-31(26(22)25)18-20-8-14-24(15-9-20)29(2,3)4/h5-15,19H,16-18H2,1-4H3,(H,30,32)(H,33,34)/t19-/m0/s1. The predicted molar refractivity (Wildman–Crippen MR) is 136 cm³/mol. The smallest absolute Gasteiger partial charge is 0.335 e. The quantitative estimate of drug-likeness (QED) is 0.497. The minimum atomic E-state index is -0.962. The molecule has 176 valence electrons. The molecule has 1 aliphatic heterocycles. The Bertz CT molecular complexity index is 1190. The van der Waals surface area contributed by atoms with Gasteiger partial charge in [-0.1, -0.05) is 69.3 Å². The van der Waals surface area contributed by atoms with Crippen LogP contribution in [0.25, 0.3) is 0 Å². The maximum atomic E-state index is 13.3. The summed E-state index contributed by atoms with van der Waals surface area (Å²) in [7, 11) is 0. The highest BCUT2D eigenvalue weighted by Crippen LogP contribution is 2.34. The number of para-hydroxylation sites is 1. The fourth-order valence-corrected chi connectivity index (χ4v) is 4.48. The van der Waals surface area contributed by atoms with Gasteiger partial charge in [0, 0.05) is 13.1 Å². The lowest BCUT2D eigenvalue weighted by atomic mass is 9.87. The molecule has 0 aromatic heterocycles. The molecular formula is C29H32N2O3. The molecule has 5 heteroatoms. The summed E-state index contributed by atoms with van der Waals surface area (Å²) < 4.78 is 0. The number of carboxylic acid groups (broad SMARTS) is 1. The summed E-state index contributed by atoms with van der Waals surface area (Å²) in [6, 6.07) is 21.1. The van der Waals surface area contributed by atoms with Gasteiger partial charge in [-0.05, 0) is 59.2 Å². The number of fused-ring (bicyclic) bond motifs is 1. The van der Waals surface area contributed by atoms with Gasteiger partial charge in [-0.15, -0.1) is 0 Å². The minimum Gasteiger partial charge on any atom is -0.478 e. The van der Waals surface area contributed by atoms with Crippen LogP contribution in [0.2, 0.25) is 0 Å². The molecule has 5 nitrogen and oxygen atoms in total. The zero-order valence-electron chi connectivity index (χ0n) is 20.3. The Kier molecular flexibility index (Phi) is 6.47. The summed E-state index contributed by atoms with van der Waals surface area (Å²) in [4.78, 5) is 26.7. The molecule has 0 fully saturated rings. The SMILES string of the molecule is C[C@H](NC(=O)c1cccc2c1N(Cc1ccc(C(C)(C)C)cc1)CC2)c1ccc(C(=O)O)cc1. The third-order valence-corrected chi connectivity index (χ3v) is 6.53. The van der Waals surface area contributed by atoms with Crippen molar-refractivity contribution >= 4 is 17.6 Å². The van der Waals surface area contributed by atoms with E-state index in [0.717, 1.165) is 30.8 Å². The molecule has 1 atom stereocenters. The number of hydrogen-bond donors (Lipinski definition) is 2. The highest BCUT2D eigenvalue weighted by atomic mass is 16.4. The molecule has 0 saturated carbocycles. The topological polar surface area (TPSA) is 69.6 Å². The van der Waals surface area contributed by atoms with E-state index in [1.54, 1.807) is 24.3 Å². The summed E-state index contributed by atoms with van der Waals surface area (Å²) in [6.07, 6.45) is 0.919. The zero-order valence-corrected chi connectivity index (χ0v) is 20.3. The number of benzene rings is 3. The van der Waals surface area contributed by atoms with Crippen LogP contribution < -0.4 is 10.2 Å². The molecule has 34 heavy (non-hydrogen) atoms. The summed E-state index contributed by atoms with van der Waals surface area (Å²) in [5.41, 5.74) is 6.62. The second kappa shape index (κ2) is 9.34. The number of carboxylic acids is 1. The molecule has 4 rings (SSSR count). The fraction of sp³-hybridized carbons (Fsp3) is 0.310. The minimum absolute atomic E-state index is 0.120. The molecule has 0 saturated heterocycles. The third-order valence-electron chi connectivity index (χ3n) is 6.53. The monoisotopic (exact) mass is 456 g/mol. The molecule has 1 aliphatic rings. The highest BCUT2D eigenvalue weighted by molar-refractivity contribution is 6.01. The number of carbonyl (C=O) groups is 2. The lowest BCUT2D eigenvalue weighted by molar-refractivity contribution is 0.0696. The van der Waals surface area contributed by atoms with Crippen molar-refractivity contribution in [1.29, 1.82) is 0 Å². The van der Waals surface area contributed by atoms with Crippen LogP contribution in [0, 0.1) is 0 Å². The number of nitrogens with zero attached hydrogens (tertiary/aromatic N) is 1. The number of carbonyl (C=O) groups excluding carboxylic acids is 1. The van der Waals surface area contributed by atoms with Crippen molar-refractivity contribution in [3.05, 3.63) is 100 Å². The maximum Gasteiger partial charge on any atom is 0.335 e. The van der Waals surface area contributed by atoms with E-state index < -0.39 is 5.97 Å². The van der Waals surface area contributed by atoms with Crippen molar-refractivity contribution in [2.24, 2.45) is 0 Å². The van der Waals surface area contributed by atoms with Crippen LogP contribution in [0.4, 0.5) is 5.69 Å². The van der Waals surface area contributed by atoms with E-state index in [1.165, 1.54) is 16.7 Å². The van der Waals surface area contributed by atoms with Gasteiger partial charge < -0.3 is 15.3 Å². The molecule has 0 spiro atoms. The van der Waals surface area contributed by atoms with E-state index >= 15 is 0 Å². The van der Waals surface area contributed by atoms with E-state index in [9.17, 15) is 9.59 Å². The molecule has 0 bridgehead atoms. The zero-order chi connectivity index (χ0) is 24.5. The molecule has 0 unspecified atom stereocenters. The van der Waals surface area contributed by atoms with Crippen LogP contribution >= 0.6 is 0 Å². The molecule has 1 amide bonds. The van der Waals surface area contributed by atoms with E-state index in [-0.39, 0.29) is 22.9 Å². The van der Waals surface area contributed by atoms with Crippen LogP contribution in [0.1, 0.15) is 76.7 Å². The summed E-state index contributed by atoms with van der Waals surface area (Å²) >= 11 is 0. The molecular weight excluding hydrogens is 424 g/mol. The van der Waals surface area contributed by atoms with Crippen molar-refractivity contribution < 1.29 is 14.7 Å². The summed E-state index contributed by atoms with van der Waals surface area (Å²) in [6.45, 7) is 10.2. The first-order chi connectivity index (χ1) is 16.1. The molecule has 0 radical (unpaired) electrons. The van der Waals surface area contributed by atoms with E-state index in [2.05, 4.69) is 61.3 Å². The molecule has 2 N–H and O–H groups in total. The molecule has 3 aromatic rings. The van der Waals surface area contributed by atoms with Gasteiger partial charge in [0.05, 0.1) is 22.9 Å². The van der Waals surface area contributed by atoms with Gasteiger partial charge in [-0.3, -0.25) is 4.79 Å². The maximum absolute atomic E-state index is 13.3.